The molecule has 9 unspecified atom stereocenters. The van der Waals surface area contributed by atoms with Crippen LogP contribution in [0.25, 0.3) is 0 Å². The van der Waals surface area contributed by atoms with Crippen molar-refractivity contribution in [1.82, 2.24) is 0 Å². The van der Waals surface area contributed by atoms with Gasteiger partial charge in [-0.2, -0.15) is 0 Å². The van der Waals surface area contributed by atoms with Gasteiger partial charge in [-0.25, -0.2) is 0 Å². The summed E-state index contributed by atoms with van der Waals surface area (Å²) in [5.74, 6) is 0.545. The molecule has 5 fully saturated rings. The van der Waals surface area contributed by atoms with Crippen molar-refractivity contribution in [2.24, 2.45) is 5.92 Å². The third-order valence-corrected chi connectivity index (χ3v) is 8.14. The van der Waals surface area contributed by atoms with Gasteiger partial charge in [-0.1, -0.05) is 6.58 Å². The molecule has 8 nitrogen and oxygen atoms in total. The van der Waals surface area contributed by atoms with Gasteiger partial charge in [0.25, 0.3) is 0 Å². The van der Waals surface area contributed by atoms with Crippen LogP contribution in [0, 0.1) is 5.92 Å². The number of hydrogen-bond acceptors (Lipinski definition) is 8. The summed E-state index contributed by atoms with van der Waals surface area (Å²) in [6, 6.07) is 0. The maximum Gasteiger partial charge on any atom is 0.135 e. The number of Topliss-reactive ketones (excluding diaryl/α,β-unsaturated/α-hetero) is 1. The van der Waals surface area contributed by atoms with Gasteiger partial charge in [0.1, 0.15) is 18.0 Å². The summed E-state index contributed by atoms with van der Waals surface area (Å²) in [5.41, 5.74) is 1.14. The molecule has 8 heteroatoms. The standard InChI is InChI=1S/C26H40O8/c1-15-8-18(31-13-15)2-3-20-11-21(28)26(33-20)24-12-22(29)25-23(34-24)5-4-19(32-25)10-17(27)9-16-6-7-30-14-16/h16,18-26,28-29H,1-14H2/t16?,18?,19?,20?,21?,22?,23?,24?,25-,26?/m1/s1. The van der Waals surface area contributed by atoms with E-state index in [4.69, 9.17) is 23.7 Å². The molecule has 192 valence electrons. The van der Waals surface area contributed by atoms with E-state index >= 15 is 0 Å². The number of carbonyl (C=O) groups excluding carboxylic acids is 1. The van der Waals surface area contributed by atoms with E-state index in [0.29, 0.717) is 44.8 Å². The lowest BCUT2D eigenvalue weighted by molar-refractivity contribution is -0.247. The summed E-state index contributed by atoms with van der Waals surface area (Å²) < 4.78 is 29.8. The van der Waals surface area contributed by atoms with Crippen molar-refractivity contribution >= 4 is 5.78 Å². The minimum Gasteiger partial charge on any atom is -0.390 e. The zero-order valence-corrected chi connectivity index (χ0v) is 20.0. The van der Waals surface area contributed by atoms with Gasteiger partial charge in [0.15, 0.2) is 0 Å². The van der Waals surface area contributed by atoms with Crippen molar-refractivity contribution in [2.75, 3.05) is 19.8 Å². The molecule has 5 aliphatic rings. The van der Waals surface area contributed by atoms with E-state index in [1.807, 2.05) is 0 Å². The van der Waals surface area contributed by atoms with Crippen LogP contribution < -0.4 is 0 Å². The van der Waals surface area contributed by atoms with Gasteiger partial charge in [-0.15, -0.1) is 0 Å². The number of carbonyl (C=O) groups is 1. The van der Waals surface area contributed by atoms with Crippen LogP contribution in [0.3, 0.4) is 0 Å². The second-order valence-electron chi connectivity index (χ2n) is 11.0. The SMILES string of the molecule is C=C1COC(CCC2CC(O)C(C3CC(O)[C@H]4OC(CC(=O)CC5CCOC5)CCC4O3)O2)C1. The number of hydrogen-bond donors (Lipinski definition) is 2. The van der Waals surface area contributed by atoms with E-state index in [-0.39, 0.29) is 36.3 Å². The normalized spacial score (nSPS) is 44.9. The molecule has 5 heterocycles. The second kappa shape index (κ2) is 11.0. The Bertz CT molecular complexity index is 722. The van der Waals surface area contributed by atoms with Crippen molar-refractivity contribution < 1.29 is 38.7 Å². The van der Waals surface area contributed by atoms with Crippen molar-refractivity contribution in [3.8, 4) is 0 Å². The predicted octanol–water partition coefficient (Wildman–Crippen LogP) is 2.08. The van der Waals surface area contributed by atoms with E-state index in [0.717, 1.165) is 50.7 Å². The van der Waals surface area contributed by atoms with Crippen molar-refractivity contribution in [3.63, 3.8) is 0 Å². The summed E-state index contributed by atoms with van der Waals surface area (Å²) in [7, 11) is 0. The fourth-order valence-electron chi connectivity index (χ4n) is 6.32. The molecule has 34 heavy (non-hydrogen) atoms. The molecular weight excluding hydrogens is 440 g/mol. The van der Waals surface area contributed by atoms with Crippen LogP contribution >= 0.6 is 0 Å². The second-order valence-corrected chi connectivity index (χ2v) is 11.0. The number of aliphatic hydroxyl groups is 2. The van der Waals surface area contributed by atoms with Crippen molar-refractivity contribution in [1.29, 1.82) is 0 Å². The minimum atomic E-state index is -0.697. The maximum absolute atomic E-state index is 12.5. The Labute approximate surface area is 201 Å². The first-order valence-electron chi connectivity index (χ1n) is 13.1. The molecule has 0 saturated carbocycles. The molecule has 2 N–H and O–H groups in total. The highest BCUT2D eigenvalue weighted by atomic mass is 16.6. The Morgan fingerprint density at radius 1 is 0.882 bits per heavy atom. The minimum absolute atomic E-state index is 0.0285. The Morgan fingerprint density at radius 2 is 1.65 bits per heavy atom. The topological polar surface area (TPSA) is 104 Å². The number of fused-ring (bicyclic) bond motifs is 1. The lowest BCUT2D eigenvalue weighted by Crippen LogP contribution is -2.57. The van der Waals surface area contributed by atoms with Crippen LogP contribution in [0.2, 0.25) is 0 Å². The molecule has 0 spiro atoms. The lowest BCUT2D eigenvalue weighted by atomic mass is 9.87. The van der Waals surface area contributed by atoms with Gasteiger partial charge in [-0.3, -0.25) is 4.79 Å². The molecule has 0 amide bonds. The highest BCUT2D eigenvalue weighted by Gasteiger charge is 2.49. The highest BCUT2D eigenvalue weighted by Crippen LogP contribution is 2.38. The Kier molecular flexibility index (Phi) is 8.05. The predicted molar refractivity (Wildman–Crippen MR) is 122 cm³/mol. The molecule has 0 radical (unpaired) electrons. The molecule has 5 aliphatic heterocycles. The van der Waals surface area contributed by atoms with Gasteiger partial charge in [-0.05, 0) is 50.0 Å². The van der Waals surface area contributed by atoms with E-state index in [1.54, 1.807) is 0 Å². The van der Waals surface area contributed by atoms with Crippen LogP contribution in [0.1, 0.15) is 64.2 Å². The summed E-state index contributed by atoms with van der Waals surface area (Å²) in [4.78, 5) is 12.5. The molecule has 5 saturated heterocycles. The van der Waals surface area contributed by atoms with E-state index in [1.165, 1.54) is 0 Å². The largest absolute Gasteiger partial charge is 0.390 e. The zero-order chi connectivity index (χ0) is 23.7. The van der Waals surface area contributed by atoms with Crippen LogP contribution in [-0.2, 0) is 28.5 Å². The van der Waals surface area contributed by atoms with Crippen molar-refractivity contribution in [3.05, 3.63) is 12.2 Å². The van der Waals surface area contributed by atoms with Crippen LogP contribution in [0.15, 0.2) is 12.2 Å². The summed E-state index contributed by atoms with van der Waals surface area (Å²) in [6.07, 6.45) is 4.17. The quantitative estimate of drug-likeness (QED) is 0.509. The monoisotopic (exact) mass is 480 g/mol. The zero-order valence-electron chi connectivity index (χ0n) is 20.0. The van der Waals surface area contributed by atoms with Gasteiger partial charge < -0.3 is 33.9 Å². The lowest BCUT2D eigenvalue weighted by Gasteiger charge is -2.46. The Balaban J connectivity index is 1.08. The summed E-state index contributed by atoms with van der Waals surface area (Å²) in [6.45, 7) is 6.05. The molecule has 10 atom stereocenters. The molecule has 0 aromatic carbocycles. The number of aliphatic hydroxyl groups excluding tert-OH is 2. The number of ether oxygens (including phenoxy) is 5. The fourth-order valence-corrected chi connectivity index (χ4v) is 6.32. The first-order valence-corrected chi connectivity index (χ1v) is 13.1. The molecule has 0 aromatic heterocycles. The van der Waals surface area contributed by atoms with Crippen LogP contribution in [0.5, 0.6) is 0 Å². The average molecular weight is 481 g/mol. The van der Waals surface area contributed by atoms with Gasteiger partial charge in [0.05, 0.1) is 49.3 Å². The highest BCUT2D eigenvalue weighted by molar-refractivity contribution is 5.79. The van der Waals surface area contributed by atoms with Gasteiger partial charge in [0, 0.05) is 38.9 Å². The Morgan fingerprint density at radius 3 is 2.41 bits per heavy atom. The molecule has 0 aliphatic carbocycles. The van der Waals surface area contributed by atoms with E-state index in [2.05, 4.69) is 6.58 Å². The van der Waals surface area contributed by atoms with Crippen LogP contribution in [0.4, 0.5) is 0 Å². The van der Waals surface area contributed by atoms with E-state index < -0.39 is 24.4 Å². The third kappa shape index (κ3) is 5.91. The fraction of sp³-hybridized carbons (Fsp3) is 0.885. The first-order chi connectivity index (χ1) is 16.4. The van der Waals surface area contributed by atoms with Crippen molar-refractivity contribution in [2.45, 2.75) is 119 Å². The Hall–Kier alpha value is -0.870. The van der Waals surface area contributed by atoms with Crippen LogP contribution in [-0.4, -0.2) is 90.8 Å². The summed E-state index contributed by atoms with van der Waals surface area (Å²) >= 11 is 0. The molecule has 0 bridgehead atoms. The third-order valence-electron chi connectivity index (χ3n) is 8.14. The number of ketones is 1. The van der Waals surface area contributed by atoms with E-state index in [9.17, 15) is 15.0 Å². The van der Waals surface area contributed by atoms with Gasteiger partial charge in [0.2, 0.25) is 0 Å². The molecule has 5 rings (SSSR count). The summed E-state index contributed by atoms with van der Waals surface area (Å²) in [5, 5.41) is 21.5. The first kappa shape index (κ1) is 24.8. The molecular formula is C26H40O8. The molecule has 0 aromatic rings. The maximum atomic E-state index is 12.5. The number of rotatable bonds is 8. The average Bonchev–Trinajstić information content (AvgIpc) is 3.54. The smallest absolute Gasteiger partial charge is 0.135 e. The van der Waals surface area contributed by atoms with Gasteiger partial charge >= 0.3 is 0 Å².